The van der Waals surface area contributed by atoms with Gasteiger partial charge >= 0.3 is 0 Å². The fourth-order valence-corrected chi connectivity index (χ4v) is 7.06. The summed E-state index contributed by atoms with van der Waals surface area (Å²) in [6.45, 7) is 2.55. The summed E-state index contributed by atoms with van der Waals surface area (Å²) < 4.78 is 5.25. The summed E-state index contributed by atoms with van der Waals surface area (Å²) in [6.07, 6.45) is 7.98. The fraction of sp³-hybridized carbons (Fsp3) is 0.560. The fourth-order valence-electron chi connectivity index (χ4n) is 7.06. The van der Waals surface area contributed by atoms with Crippen LogP contribution in [0.4, 0.5) is 17.1 Å². The smallest absolute Gasteiger partial charge is 0.292 e. The minimum atomic E-state index is -0.276. The van der Waals surface area contributed by atoms with Gasteiger partial charge in [0.1, 0.15) is 5.69 Å². The molecule has 2 heterocycles. The topological polar surface area (TPSA) is 91.9 Å². The van der Waals surface area contributed by atoms with Crippen molar-refractivity contribution in [3.8, 4) is 0 Å². The van der Waals surface area contributed by atoms with Crippen molar-refractivity contribution >= 4 is 23.0 Å². The molecule has 0 unspecified atom stereocenters. The molecule has 1 N–H and O–H groups in total. The predicted octanol–water partition coefficient (Wildman–Crippen LogP) is 4.39. The molecule has 0 radical (unpaired) electrons. The van der Waals surface area contributed by atoms with E-state index < -0.39 is 0 Å². The number of nitrogens with one attached hydrogen (secondary N) is 1. The van der Waals surface area contributed by atoms with Crippen molar-refractivity contribution < 1.29 is 14.1 Å². The van der Waals surface area contributed by atoms with Crippen molar-refractivity contribution in [3.63, 3.8) is 0 Å². The van der Waals surface area contributed by atoms with E-state index in [1.54, 1.807) is 23.1 Å². The Morgan fingerprint density at radius 2 is 1.70 bits per heavy atom. The highest BCUT2D eigenvalue weighted by Gasteiger charge is 2.48. The van der Waals surface area contributed by atoms with Gasteiger partial charge in [-0.3, -0.25) is 14.9 Å². The average Bonchev–Trinajstić information content (AvgIpc) is 3.35. The van der Waals surface area contributed by atoms with Gasteiger partial charge in [-0.25, -0.2) is 0 Å². The molecule has 1 aromatic carbocycles. The number of piperazine rings is 1. The zero-order valence-corrected chi connectivity index (χ0v) is 18.7. The van der Waals surface area contributed by atoms with Crippen LogP contribution in [0.2, 0.25) is 0 Å². The Morgan fingerprint density at radius 3 is 2.30 bits per heavy atom. The average molecular weight is 451 g/mol. The van der Waals surface area contributed by atoms with Crippen molar-refractivity contribution in [3.05, 3.63) is 52.5 Å². The number of anilines is 2. The van der Waals surface area contributed by atoms with E-state index in [9.17, 15) is 14.9 Å². The number of rotatable bonds is 5. The largest absolute Gasteiger partial charge is 0.459 e. The monoisotopic (exact) mass is 450 g/mol. The van der Waals surface area contributed by atoms with Gasteiger partial charge in [0, 0.05) is 44.0 Å². The number of hydrogen-bond acceptors (Lipinski definition) is 6. The van der Waals surface area contributed by atoms with E-state index >= 15 is 0 Å². The SMILES string of the molecule is O=C(c1ccco1)N1CCN(c2ccc([N+](=O)[O-])c(NC3C4CC5CC(C4)CC3C5)c2)CC1. The quantitative estimate of drug-likeness (QED) is 0.537. The second-order valence-corrected chi connectivity index (χ2v) is 10.3. The lowest BCUT2D eigenvalue weighted by molar-refractivity contribution is -0.384. The van der Waals surface area contributed by atoms with E-state index in [4.69, 9.17) is 4.42 Å². The lowest BCUT2D eigenvalue weighted by atomic mass is 9.54. The van der Waals surface area contributed by atoms with Crippen molar-refractivity contribution in [2.75, 3.05) is 36.4 Å². The summed E-state index contributed by atoms with van der Waals surface area (Å²) in [5.74, 6) is 3.29. The summed E-state index contributed by atoms with van der Waals surface area (Å²) in [4.78, 5) is 28.1. The van der Waals surface area contributed by atoms with Crippen LogP contribution in [0.1, 0.15) is 42.7 Å². The molecule has 5 fully saturated rings. The molecule has 1 aromatic heterocycles. The van der Waals surface area contributed by atoms with Gasteiger partial charge in [-0.1, -0.05) is 0 Å². The van der Waals surface area contributed by atoms with Crippen molar-refractivity contribution in [1.82, 2.24) is 4.90 Å². The molecule has 174 valence electrons. The van der Waals surface area contributed by atoms with E-state index in [0.717, 1.165) is 17.5 Å². The van der Waals surface area contributed by atoms with Crippen LogP contribution in [0, 0.1) is 33.8 Å². The van der Waals surface area contributed by atoms with E-state index in [0.29, 0.717) is 55.5 Å². The minimum Gasteiger partial charge on any atom is -0.459 e. The number of carbonyl (C=O) groups is 1. The molecule has 1 amide bonds. The van der Waals surface area contributed by atoms with Gasteiger partial charge < -0.3 is 19.5 Å². The Hall–Kier alpha value is -3.03. The lowest BCUT2D eigenvalue weighted by Gasteiger charge is -2.54. The molecule has 4 aliphatic carbocycles. The van der Waals surface area contributed by atoms with Crippen LogP contribution >= 0.6 is 0 Å². The molecule has 5 aliphatic rings. The van der Waals surface area contributed by atoms with Crippen molar-refractivity contribution in [1.29, 1.82) is 0 Å². The number of carbonyl (C=O) groups excluding carboxylic acids is 1. The molecule has 8 heteroatoms. The first-order valence-corrected chi connectivity index (χ1v) is 12.2. The summed E-state index contributed by atoms with van der Waals surface area (Å²) in [6, 6.07) is 9.17. The third-order valence-electron chi connectivity index (χ3n) is 8.39. The Labute approximate surface area is 193 Å². The van der Waals surface area contributed by atoms with E-state index in [1.807, 2.05) is 12.1 Å². The van der Waals surface area contributed by atoms with Crippen LogP contribution in [0.5, 0.6) is 0 Å². The van der Waals surface area contributed by atoms with Gasteiger partial charge in [0.15, 0.2) is 5.76 Å². The summed E-state index contributed by atoms with van der Waals surface area (Å²) in [7, 11) is 0. The van der Waals surface area contributed by atoms with Gasteiger partial charge in [-0.05, 0) is 80.0 Å². The van der Waals surface area contributed by atoms with Gasteiger partial charge in [0.25, 0.3) is 11.6 Å². The highest BCUT2D eigenvalue weighted by atomic mass is 16.6. The summed E-state index contributed by atoms with van der Waals surface area (Å²) >= 11 is 0. The maximum atomic E-state index is 12.5. The van der Waals surface area contributed by atoms with E-state index in [-0.39, 0.29) is 16.5 Å². The predicted molar refractivity (Wildman–Crippen MR) is 124 cm³/mol. The minimum absolute atomic E-state index is 0.0902. The Kier molecular flexibility index (Phi) is 5.03. The Morgan fingerprint density at radius 1 is 1.00 bits per heavy atom. The number of furan rings is 1. The highest BCUT2D eigenvalue weighted by molar-refractivity contribution is 5.91. The molecular formula is C25H30N4O4. The molecule has 1 saturated heterocycles. The third-order valence-corrected chi connectivity index (χ3v) is 8.39. The Balaban J connectivity index is 1.18. The number of amides is 1. The highest BCUT2D eigenvalue weighted by Crippen LogP contribution is 2.54. The molecule has 0 atom stereocenters. The summed E-state index contributed by atoms with van der Waals surface area (Å²) in [5, 5.41) is 15.4. The molecule has 33 heavy (non-hydrogen) atoms. The Bertz CT molecular complexity index is 1020. The molecule has 4 saturated carbocycles. The van der Waals surface area contributed by atoms with Crippen LogP contribution in [0.15, 0.2) is 41.0 Å². The number of nitro groups is 1. The molecular weight excluding hydrogens is 420 g/mol. The molecule has 0 spiro atoms. The normalized spacial score (nSPS) is 30.5. The second-order valence-electron chi connectivity index (χ2n) is 10.3. The van der Waals surface area contributed by atoms with Crippen molar-refractivity contribution in [2.24, 2.45) is 23.7 Å². The zero-order valence-electron chi connectivity index (χ0n) is 18.7. The molecule has 8 nitrogen and oxygen atoms in total. The van der Waals surface area contributed by atoms with Crippen LogP contribution in [-0.4, -0.2) is 48.0 Å². The maximum absolute atomic E-state index is 12.5. The molecule has 4 bridgehead atoms. The molecule has 1 aliphatic heterocycles. The lowest BCUT2D eigenvalue weighted by Crippen LogP contribution is -2.51. The van der Waals surface area contributed by atoms with E-state index in [2.05, 4.69) is 10.2 Å². The first-order valence-electron chi connectivity index (χ1n) is 12.2. The molecule has 7 rings (SSSR count). The first-order chi connectivity index (χ1) is 16.0. The van der Waals surface area contributed by atoms with Gasteiger partial charge in [-0.2, -0.15) is 0 Å². The maximum Gasteiger partial charge on any atom is 0.292 e. The van der Waals surface area contributed by atoms with Crippen LogP contribution in [-0.2, 0) is 0 Å². The van der Waals surface area contributed by atoms with Crippen LogP contribution < -0.4 is 10.2 Å². The van der Waals surface area contributed by atoms with Crippen LogP contribution in [0.3, 0.4) is 0 Å². The number of nitro benzene ring substituents is 1. The standard InChI is InChI=1S/C25H30N4O4/c30-25(23-2-1-9-33-23)28-7-5-27(6-8-28)20-3-4-22(29(31)32)21(15-20)26-24-18-11-16-10-17(13-18)14-19(24)12-16/h1-4,9,15-19,24,26H,5-8,10-14H2. The van der Waals surface area contributed by atoms with E-state index in [1.165, 1.54) is 38.4 Å². The second kappa shape index (κ2) is 8.08. The van der Waals surface area contributed by atoms with Gasteiger partial charge in [0.2, 0.25) is 0 Å². The number of benzene rings is 1. The number of hydrogen-bond donors (Lipinski definition) is 1. The molecule has 2 aromatic rings. The van der Waals surface area contributed by atoms with Gasteiger partial charge in [-0.15, -0.1) is 0 Å². The van der Waals surface area contributed by atoms with Gasteiger partial charge in [0.05, 0.1) is 11.2 Å². The third kappa shape index (κ3) is 3.75. The van der Waals surface area contributed by atoms with Crippen LogP contribution in [0.25, 0.3) is 0 Å². The summed E-state index contributed by atoms with van der Waals surface area (Å²) in [5.41, 5.74) is 1.76. The zero-order chi connectivity index (χ0) is 22.5. The number of nitrogens with zero attached hydrogens (tertiary/aromatic N) is 3. The first kappa shape index (κ1) is 20.6. The van der Waals surface area contributed by atoms with Crippen molar-refractivity contribution in [2.45, 2.75) is 38.1 Å².